The fourth-order valence-electron chi connectivity index (χ4n) is 5.51. The highest BCUT2D eigenvalue weighted by Gasteiger charge is 2.34. The fourth-order valence-corrected chi connectivity index (χ4v) is 7.97. The van der Waals surface area contributed by atoms with Crippen molar-refractivity contribution in [1.82, 2.24) is 18.6 Å². The summed E-state index contributed by atoms with van der Waals surface area (Å²) in [5.41, 5.74) is 0.720. The minimum Gasteiger partial charge on any atom is -0.353 e. The molecule has 2 fully saturated rings. The Balaban J connectivity index is 1.10. The van der Waals surface area contributed by atoms with Gasteiger partial charge in [-0.1, -0.05) is 36.8 Å². The molecular formula is C27H31N5O2S2. The summed E-state index contributed by atoms with van der Waals surface area (Å²) in [5.74, 6) is 1.10. The average Bonchev–Trinajstić information content (AvgIpc) is 3.36. The molecule has 4 heterocycles. The molecule has 9 heteroatoms. The molecule has 188 valence electrons. The second-order valence-corrected chi connectivity index (χ2v) is 12.4. The molecule has 6 rings (SSSR count). The monoisotopic (exact) mass is 521 g/mol. The lowest BCUT2D eigenvalue weighted by atomic mass is 10.0. The van der Waals surface area contributed by atoms with Gasteiger partial charge in [0.1, 0.15) is 5.82 Å². The molecule has 0 radical (unpaired) electrons. The molecule has 0 amide bonds. The van der Waals surface area contributed by atoms with Gasteiger partial charge < -0.3 is 4.90 Å². The van der Waals surface area contributed by atoms with Crippen LogP contribution in [-0.4, -0.2) is 72.3 Å². The number of pyridine rings is 1. The molecule has 0 unspecified atom stereocenters. The number of nitrogens with zero attached hydrogens (tertiary/aromatic N) is 5. The summed E-state index contributed by atoms with van der Waals surface area (Å²) in [4.78, 5) is 9.37. The molecule has 1 atom stereocenters. The van der Waals surface area contributed by atoms with Crippen molar-refractivity contribution in [3.63, 3.8) is 0 Å². The second-order valence-electron chi connectivity index (χ2n) is 9.73. The van der Waals surface area contributed by atoms with Gasteiger partial charge in [-0.2, -0.15) is 8.68 Å². The summed E-state index contributed by atoms with van der Waals surface area (Å²) in [6, 6.07) is 19.6. The van der Waals surface area contributed by atoms with Gasteiger partial charge in [0.25, 0.3) is 10.0 Å². The third-order valence-corrected chi connectivity index (χ3v) is 10.2. The number of sulfonamides is 1. The first-order valence-corrected chi connectivity index (χ1v) is 15.0. The highest BCUT2D eigenvalue weighted by Crippen LogP contribution is 2.31. The van der Waals surface area contributed by atoms with Crippen LogP contribution in [0.25, 0.3) is 21.0 Å². The first-order valence-electron chi connectivity index (χ1n) is 12.8. The summed E-state index contributed by atoms with van der Waals surface area (Å²) < 4.78 is 34.9. The van der Waals surface area contributed by atoms with Crippen LogP contribution in [0.15, 0.2) is 65.7 Å². The van der Waals surface area contributed by atoms with Gasteiger partial charge in [-0.25, -0.2) is 13.4 Å². The molecule has 0 saturated carbocycles. The van der Waals surface area contributed by atoms with Crippen LogP contribution in [0.5, 0.6) is 0 Å². The van der Waals surface area contributed by atoms with E-state index in [1.807, 2.05) is 30.3 Å². The van der Waals surface area contributed by atoms with Crippen LogP contribution in [0, 0.1) is 0 Å². The predicted octanol–water partition coefficient (Wildman–Crippen LogP) is 4.60. The summed E-state index contributed by atoms with van der Waals surface area (Å²) in [6.45, 7) is 5.32. The zero-order valence-electron chi connectivity index (χ0n) is 20.3. The van der Waals surface area contributed by atoms with Crippen LogP contribution in [0.3, 0.4) is 0 Å². The number of hydrogen-bond acceptors (Lipinski definition) is 7. The van der Waals surface area contributed by atoms with E-state index in [9.17, 15) is 8.42 Å². The van der Waals surface area contributed by atoms with E-state index in [1.54, 1.807) is 21.9 Å². The quantitative estimate of drug-likeness (QED) is 0.369. The molecule has 0 N–H and O–H groups in total. The van der Waals surface area contributed by atoms with E-state index < -0.39 is 10.0 Å². The van der Waals surface area contributed by atoms with E-state index in [0.29, 0.717) is 6.54 Å². The Morgan fingerprint density at radius 3 is 2.58 bits per heavy atom. The van der Waals surface area contributed by atoms with Gasteiger partial charge in [-0.05, 0) is 67.7 Å². The zero-order chi connectivity index (χ0) is 24.5. The van der Waals surface area contributed by atoms with E-state index >= 15 is 0 Å². The van der Waals surface area contributed by atoms with Crippen molar-refractivity contribution in [2.45, 2.75) is 36.8 Å². The van der Waals surface area contributed by atoms with Crippen LogP contribution >= 0.6 is 11.5 Å². The number of benzene rings is 2. The molecule has 2 saturated heterocycles. The Morgan fingerprint density at radius 2 is 1.69 bits per heavy atom. The number of anilines is 1. The van der Waals surface area contributed by atoms with Crippen LogP contribution in [0.2, 0.25) is 0 Å². The van der Waals surface area contributed by atoms with Crippen molar-refractivity contribution in [3.8, 4) is 0 Å². The van der Waals surface area contributed by atoms with Crippen LogP contribution in [0.4, 0.5) is 5.82 Å². The normalized spacial score (nSPS) is 20.3. The van der Waals surface area contributed by atoms with Crippen LogP contribution in [0.1, 0.15) is 25.7 Å². The van der Waals surface area contributed by atoms with Crippen molar-refractivity contribution in [2.75, 3.05) is 44.2 Å². The van der Waals surface area contributed by atoms with Crippen LogP contribution < -0.4 is 4.90 Å². The standard InChI is InChI=1S/C27H31N5O2S2/c33-36(34,26-13-12-21-7-1-3-10-24(21)28-26)32-15-6-5-8-22(32)14-16-30-17-19-31(20-18-30)27-23-9-2-4-11-25(23)35-29-27/h1-4,7,9-13,22H,5-6,8,14-20H2/t22-/m0/s1. The molecular weight excluding hydrogens is 490 g/mol. The smallest absolute Gasteiger partial charge is 0.260 e. The number of aromatic nitrogens is 2. The Labute approximate surface area is 216 Å². The molecule has 2 aromatic heterocycles. The molecule has 0 aliphatic carbocycles. The largest absolute Gasteiger partial charge is 0.353 e. The lowest BCUT2D eigenvalue weighted by Gasteiger charge is -2.38. The Bertz CT molecular complexity index is 1460. The van der Waals surface area contributed by atoms with E-state index in [4.69, 9.17) is 4.37 Å². The maximum absolute atomic E-state index is 13.6. The number of hydrogen-bond donors (Lipinski definition) is 0. The Kier molecular flexibility index (Phi) is 6.64. The van der Waals surface area contributed by atoms with Gasteiger partial charge >= 0.3 is 0 Å². The number of rotatable bonds is 6. The molecule has 2 aliphatic heterocycles. The summed E-state index contributed by atoms with van der Waals surface area (Å²) >= 11 is 1.57. The molecule has 0 bridgehead atoms. The average molecular weight is 522 g/mol. The summed E-state index contributed by atoms with van der Waals surface area (Å²) in [7, 11) is -3.63. The number of fused-ring (bicyclic) bond motifs is 2. The predicted molar refractivity (Wildman–Crippen MR) is 146 cm³/mol. The fraction of sp³-hybridized carbons (Fsp3) is 0.407. The number of piperazine rings is 1. The lowest BCUT2D eigenvalue weighted by molar-refractivity contribution is 0.193. The van der Waals surface area contributed by atoms with Crippen molar-refractivity contribution >= 4 is 48.4 Å². The van der Waals surface area contributed by atoms with Gasteiger partial charge in [0.05, 0.1) is 10.2 Å². The Hall–Kier alpha value is -2.59. The molecule has 2 aromatic carbocycles. The first-order chi connectivity index (χ1) is 17.6. The molecule has 2 aliphatic rings. The third kappa shape index (κ3) is 4.61. The topological polar surface area (TPSA) is 69.6 Å². The van der Waals surface area contributed by atoms with E-state index in [2.05, 4.69) is 39.0 Å². The highest BCUT2D eigenvalue weighted by atomic mass is 32.2. The third-order valence-electron chi connectivity index (χ3n) is 7.53. The number of para-hydroxylation sites is 1. The number of piperidine rings is 1. The first kappa shape index (κ1) is 23.8. The van der Waals surface area contributed by atoms with Gasteiger partial charge in [-0.15, -0.1) is 0 Å². The van der Waals surface area contributed by atoms with E-state index in [-0.39, 0.29) is 11.1 Å². The van der Waals surface area contributed by atoms with E-state index in [0.717, 1.165) is 75.1 Å². The van der Waals surface area contributed by atoms with Crippen molar-refractivity contribution in [2.24, 2.45) is 0 Å². The van der Waals surface area contributed by atoms with Crippen LogP contribution in [-0.2, 0) is 10.0 Å². The molecule has 36 heavy (non-hydrogen) atoms. The summed E-state index contributed by atoms with van der Waals surface area (Å²) in [5, 5.41) is 2.36. The minimum absolute atomic E-state index is 0.0255. The molecule has 0 spiro atoms. The maximum Gasteiger partial charge on any atom is 0.260 e. The SMILES string of the molecule is O=S(=O)(c1ccc2ccccc2n1)N1CCCC[C@H]1CCN1CCN(c2nsc3ccccc23)CC1. The van der Waals surface area contributed by atoms with Gasteiger partial charge in [0.2, 0.25) is 0 Å². The van der Waals surface area contributed by atoms with Gasteiger partial charge in [0.15, 0.2) is 5.03 Å². The van der Waals surface area contributed by atoms with Gasteiger partial charge in [-0.3, -0.25) is 4.90 Å². The Morgan fingerprint density at radius 1 is 0.889 bits per heavy atom. The molecule has 4 aromatic rings. The zero-order valence-corrected chi connectivity index (χ0v) is 21.9. The second kappa shape index (κ2) is 10.0. The highest BCUT2D eigenvalue weighted by molar-refractivity contribution is 7.89. The lowest BCUT2D eigenvalue weighted by Crippen LogP contribution is -2.49. The van der Waals surface area contributed by atoms with Gasteiger partial charge in [0, 0.05) is 49.5 Å². The maximum atomic E-state index is 13.6. The minimum atomic E-state index is -3.63. The van der Waals surface area contributed by atoms with Crippen molar-refractivity contribution in [3.05, 3.63) is 60.7 Å². The van der Waals surface area contributed by atoms with E-state index in [1.165, 1.54) is 10.1 Å². The molecule has 7 nitrogen and oxygen atoms in total. The summed E-state index contributed by atoms with van der Waals surface area (Å²) in [6.07, 6.45) is 3.75. The van der Waals surface area contributed by atoms with Crippen molar-refractivity contribution in [1.29, 1.82) is 0 Å². The van der Waals surface area contributed by atoms with Crippen molar-refractivity contribution < 1.29 is 8.42 Å².